The highest BCUT2D eigenvalue weighted by Crippen LogP contribution is 2.29. The summed E-state index contributed by atoms with van der Waals surface area (Å²) in [6.07, 6.45) is 4.43. The lowest BCUT2D eigenvalue weighted by molar-refractivity contribution is -0.384. The van der Waals surface area contributed by atoms with Gasteiger partial charge in [-0.3, -0.25) is 10.1 Å². The van der Waals surface area contributed by atoms with E-state index in [1.165, 1.54) is 12.1 Å². The Labute approximate surface area is 146 Å². The fourth-order valence-corrected chi connectivity index (χ4v) is 3.33. The standard InChI is InChI=1S/C18H23N3O4/c1-18(13-22)7-3-8-20(12-18)9-6-17-19-11-16(25-17)14-4-2-5-15(10-14)21(23)24/h2,4-5,10-11,22H,3,6-9,12-13H2,1H3. The molecule has 1 unspecified atom stereocenters. The van der Waals surface area contributed by atoms with Crippen LogP contribution in [0.2, 0.25) is 0 Å². The van der Waals surface area contributed by atoms with Crippen LogP contribution < -0.4 is 0 Å². The van der Waals surface area contributed by atoms with Crippen molar-refractivity contribution < 1.29 is 14.4 Å². The number of aliphatic hydroxyl groups is 1. The number of piperidine rings is 1. The fraction of sp³-hybridized carbons (Fsp3) is 0.500. The van der Waals surface area contributed by atoms with Gasteiger partial charge in [0.15, 0.2) is 11.7 Å². The molecule has 0 spiro atoms. The molecule has 1 N–H and O–H groups in total. The van der Waals surface area contributed by atoms with E-state index in [1.54, 1.807) is 18.3 Å². The quantitative estimate of drug-likeness (QED) is 0.639. The van der Waals surface area contributed by atoms with E-state index in [0.29, 0.717) is 23.6 Å². The first-order valence-electron chi connectivity index (χ1n) is 8.52. The summed E-state index contributed by atoms with van der Waals surface area (Å²) in [4.78, 5) is 17.1. The molecule has 7 heteroatoms. The van der Waals surface area contributed by atoms with Crippen LogP contribution in [-0.4, -0.2) is 46.2 Å². The molecule has 2 aromatic rings. The van der Waals surface area contributed by atoms with E-state index in [2.05, 4.69) is 16.8 Å². The number of non-ortho nitro benzene ring substituents is 1. The van der Waals surface area contributed by atoms with Crippen molar-refractivity contribution >= 4 is 5.69 Å². The molecule has 3 rings (SSSR count). The number of rotatable bonds is 6. The lowest BCUT2D eigenvalue weighted by Crippen LogP contribution is -2.44. The highest BCUT2D eigenvalue weighted by atomic mass is 16.6. The molecule has 134 valence electrons. The molecule has 0 amide bonds. The van der Waals surface area contributed by atoms with Crippen molar-refractivity contribution in [2.45, 2.75) is 26.2 Å². The molecule has 25 heavy (non-hydrogen) atoms. The third-order valence-corrected chi connectivity index (χ3v) is 4.78. The van der Waals surface area contributed by atoms with Gasteiger partial charge in [-0.2, -0.15) is 0 Å². The number of hydrogen-bond donors (Lipinski definition) is 1. The van der Waals surface area contributed by atoms with E-state index in [9.17, 15) is 15.2 Å². The minimum absolute atomic E-state index is 0.0248. The van der Waals surface area contributed by atoms with Gasteiger partial charge in [0, 0.05) is 49.2 Å². The fourth-order valence-electron chi connectivity index (χ4n) is 3.33. The minimum atomic E-state index is -0.421. The predicted octanol–water partition coefficient (Wildman–Crippen LogP) is 2.89. The van der Waals surface area contributed by atoms with Gasteiger partial charge < -0.3 is 14.4 Å². The number of hydrogen-bond acceptors (Lipinski definition) is 6. The molecule has 1 aromatic heterocycles. The summed E-state index contributed by atoms with van der Waals surface area (Å²) in [6, 6.07) is 6.35. The summed E-state index contributed by atoms with van der Waals surface area (Å²) in [6.45, 7) is 5.05. The lowest BCUT2D eigenvalue weighted by atomic mass is 9.83. The third-order valence-electron chi connectivity index (χ3n) is 4.78. The summed E-state index contributed by atoms with van der Waals surface area (Å²) in [5, 5.41) is 20.4. The molecule has 7 nitrogen and oxygen atoms in total. The minimum Gasteiger partial charge on any atom is -0.441 e. The zero-order valence-corrected chi connectivity index (χ0v) is 14.4. The monoisotopic (exact) mass is 345 g/mol. The number of aliphatic hydroxyl groups excluding tert-OH is 1. The summed E-state index contributed by atoms with van der Waals surface area (Å²) >= 11 is 0. The van der Waals surface area contributed by atoms with E-state index >= 15 is 0 Å². The topological polar surface area (TPSA) is 92.6 Å². The van der Waals surface area contributed by atoms with Crippen LogP contribution in [0, 0.1) is 15.5 Å². The maximum atomic E-state index is 10.9. The van der Waals surface area contributed by atoms with Gasteiger partial charge >= 0.3 is 0 Å². The Bertz CT molecular complexity index is 745. The van der Waals surface area contributed by atoms with Crippen LogP contribution in [0.25, 0.3) is 11.3 Å². The lowest BCUT2D eigenvalue weighted by Gasteiger charge is -2.39. The number of nitro benzene ring substituents is 1. The van der Waals surface area contributed by atoms with Gasteiger partial charge in [0.1, 0.15) is 0 Å². The Kier molecular flexibility index (Phi) is 5.15. The van der Waals surface area contributed by atoms with Crippen LogP contribution >= 0.6 is 0 Å². The van der Waals surface area contributed by atoms with Crippen LogP contribution in [0.4, 0.5) is 5.69 Å². The van der Waals surface area contributed by atoms with Gasteiger partial charge in [-0.05, 0) is 19.4 Å². The Morgan fingerprint density at radius 1 is 1.48 bits per heavy atom. The van der Waals surface area contributed by atoms with Crippen molar-refractivity contribution in [1.82, 2.24) is 9.88 Å². The summed E-state index contributed by atoms with van der Waals surface area (Å²) in [7, 11) is 0. The maximum Gasteiger partial charge on any atom is 0.270 e. The van der Waals surface area contributed by atoms with Gasteiger partial charge in [0.05, 0.1) is 11.1 Å². The van der Waals surface area contributed by atoms with Crippen LogP contribution in [0.15, 0.2) is 34.9 Å². The smallest absolute Gasteiger partial charge is 0.270 e. The molecule has 1 atom stereocenters. The molecule has 0 radical (unpaired) electrons. The molecule has 1 aromatic carbocycles. The molecule has 2 heterocycles. The van der Waals surface area contributed by atoms with Gasteiger partial charge in [0.2, 0.25) is 0 Å². The summed E-state index contributed by atoms with van der Waals surface area (Å²) < 4.78 is 5.76. The number of oxazole rings is 1. The molecule has 1 aliphatic rings. The summed E-state index contributed by atoms with van der Waals surface area (Å²) in [5.74, 6) is 1.16. The number of likely N-dealkylation sites (tertiary alicyclic amines) is 1. The molecule has 0 aliphatic carbocycles. The van der Waals surface area contributed by atoms with Crippen LogP contribution in [0.5, 0.6) is 0 Å². The first-order valence-corrected chi connectivity index (χ1v) is 8.52. The number of aromatic nitrogens is 1. The largest absolute Gasteiger partial charge is 0.441 e. The highest BCUT2D eigenvalue weighted by molar-refractivity contribution is 5.60. The number of nitrogens with zero attached hydrogens (tertiary/aromatic N) is 3. The van der Waals surface area contributed by atoms with E-state index in [1.807, 2.05) is 0 Å². The Hall–Kier alpha value is -2.25. The molecule has 0 bridgehead atoms. The van der Waals surface area contributed by atoms with E-state index < -0.39 is 4.92 Å². The van der Waals surface area contributed by atoms with Crippen molar-refractivity contribution in [3.05, 3.63) is 46.5 Å². The van der Waals surface area contributed by atoms with Gasteiger partial charge in [0.25, 0.3) is 5.69 Å². The average molecular weight is 345 g/mol. The number of benzene rings is 1. The van der Waals surface area contributed by atoms with Crippen LogP contribution in [0.3, 0.4) is 0 Å². The van der Waals surface area contributed by atoms with Crippen LogP contribution in [-0.2, 0) is 6.42 Å². The molecule has 1 saturated heterocycles. The summed E-state index contributed by atoms with van der Waals surface area (Å²) in [5.41, 5.74) is 0.661. The normalized spacial score (nSPS) is 21.4. The Morgan fingerprint density at radius 2 is 2.32 bits per heavy atom. The van der Waals surface area contributed by atoms with Crippen molar-refractivity contribution in [2.24, 2.45) is 5.41 Å². The SMILES string of the molecule is CC1(CO)CCCN(CCc2ncc(-c3cccc([N+](=O)[O-])c3)o2)C1. The van der Waals surface area contributed by atoms with Gasteiger partial charge in [-0.1, -0.05) is 19.1 Å². The second-order valence-electron chi connectivity index (χ2n) is 7.02. The van der Waals surface area contributed by atoms with Gasteiger partial charge in [-0.25, -0.2) is 4.98 Å². The third kappa shape index (κ3) is 4.24. The van der Waals surface area contributed by atoms with Crippen molar-refractivity contribution in [3.8, 4) is 11.3 Å². The second-order valence-corrected chi connectivity index (χ2v) is 7.02. The molecule has 1 fully saturated rings. The van der Waals surface area contributed by atoms with Crippen molar-refractivity contribution in [1.29, 1.82) is 0 Å². The molecule has 0 saturated carbocycles. The van der Waals surface area contributed by atoms with E-state index in [-0.39, 0.29) is 17.7 Å². The van der Waals surface area contributed by atoms with Crippen molar-refractivity contribution in [3.63, 3.8) is 0 Å². The Balaban J connectivity index is 1.62. The zero-order valence-electron chi connectivity index (χ0n) is 14.4. The predicted molar refractivity (Wildman–Crippen MR) is 93.2 cm³/mol. The first kappa shape index (κ1) is 17.6. The van der Waals surface area contributed by atoms with E-state index in [4.69, 9.17) is 4.42 Å². The van der Waals surface area contributed by atoms with Crippen molar-refractivity contribution in [2.75, 3.05) is 26.2 Å². The molecular weight excluding hydrogens is 322 g/mol. The highest BCUT2D eigenvalue weighted by Gasteiger charge is 2.30. The molecule has 1 aliphatic heterocycles. The zero-order chi connectivity index (χ0) is 17.9. The van der Waals surface area contributed by atoms with Crippen LogP contribution in [0.1, 0.15) is 25.7 Å². The number of nitro groups is 1. The maximum absolute atomic E-state index is 10.9. The van der Waals surface area contributed by atoms with Gasteiger partial charge in [-0.15, -0.1) is 0 Å². The average Bonchev–Trinajstić information content (AvgIpc) is 3.09. The Morgan fingerprint density at radius 3 is 3.08 bits per heavy atom. The molecular formula is C18H23N3O4. The van der Waals surface area contributed by atoms with E-state index in [0.717, 1.165) is 32.5 Å². The second kappa shape index (κ2) is 7.33. The first-order chi connectivity index (χ1) is 12.0.